The molecule has 1 N–H and O–H groups in total. The average Bonchev–Trinajstić information content (AvgIpc) is 2.03. The molecule has 0 radical (unpaired) electrons. The lowest BCUT2D eigenvalue weighted by atomic mass is 10.1. The van der Waals surface area contributed by atoms with Crippen LogP contribution in [0.5, 0.6) is 0 Å². The predicted octanol–water partition coefficient (Wildman–Crippen LogP) is 2.84. The van der Waals surface area contributed by atoms with Crippen molar-refractivity contribution in [1.29, 1.82) is 0 Å². The van der Waals surface area contributed by atoms with E-state index in [1.807, 2.05) is 18.2 Å². The van der Waals surface area contributed by atoms with Gasteiger partial charge in [-0.05, 0) is 23.3 Å². The summed E-state index contributed by atoms with van der Waals surface area (Å²) in [5.41, 5.74) is 2.11. The molecule has 60 valence electrons. The van der Waals surface area contributed by atoms with E-state index in [0.29, 0.717) is 0 Å². The van der Waals surface area contributed by atoms with Crippen LogP contribution in [0.15, 0.2) is 22.7 Å². The third kappa shape index (κ3) is 2.58. The first kappa shape index (κ1) is 9.23. The van der Waals surface area contributed by atoms with Crippen molar-refractivity contribution < 1.29 is 5.11 Å². The molecule has 0 unspecified atom stereocenters. The molecule has 0 atom stereocenters. The number of alkyl halides is 1. The zero-order valence-corrected chi connectivity index (χ0v) is 9.02. The summed E-state index contributed by atoms with van der Waals surface area (Å²) in [4.78, 5) is 0. The molecule has 0 aliphatic rings. The van der Waals surface area contributed by atoms with Gasteiger partial charge in [-0.3, -0.25) is 0 Å². The highest BCUT2D eigenvalue weighted by molar-refractivity contribution is 9.10. The van der Waals surface area contributed by atoms with Gasteiger partial charge in [0.2, 0.25) is 0 Å². The Balaban J connectivity index is 3.02. The van der Waals surface area contributed by atoms with Gasteiger partial charge in [0.1, 0.15) is 0 Å². The van der Waals surface area contributed by atoms with Crippen molar-refractivity contribution in [3.8, 4) is 0 Å². The second-order valence-electron chi connectivity index (χ2n) is 2.26. The van der Waals surface area contributed by atoms with Crippen molar-refractivity contribution in [3.63, 3.8) is 0 Å². The minimum atomic E-state index is 0.0967. The molecule has 11 heavy (non-hydrogen) atoms. The maximum atomic E-state index is 8.85. The monoisotopic (exact) mass is 278 g/mol. The number of halogens is 2. The second kappa shape index (κ2) is 4.24. The van der Waals surface area contributed by atoms with Gasteiger partial charge in [-0.25, -0.2) is 0 Å². The summed E-state index contributed by atoms with van der Waals surface area (Å²) in [6.45, 7) is 0.0967. The Morgan fingerprint density at radius 3 is 2.36 bits per heavy atom. The van der Waals surface area contributed by atoms with Crippen molar-refractivity contribution in [2.75, 3.05) is 0 Å². The summed E-state index contributed by atoms with van der Waals surface area (Å²) < 4.78 is 1.01. The molecule has 1 nitrogen and oxygen atoms in total. The van der Waals surface area contributed by atoms with E-state index in [1.54, 1.807) is 0 Å². The van der Waals surface area contributed by atoms with Gasteiger partial charge in [0.15, 0.2) is 0 Å². The van der Waals surface area contributed by atoms with Crippen LogP contribution >= 0.6 is 31.9 Å². The second-order valence-corrected chi connectivity index (χ2v) is 3.74. The van der Waals surface area contributed by atoms with E-state index in [9.17, 15) is 0 Å². The molecule has 0 heterocycles. The van der Waals surface area contributed by atoms with Crippen LogP contribution < -0.4 is 0 Å². The van der Waals surface area contributed by atoms with Crippen LogP contribution in [0.25, 0.3) is 0 Å². The van der Waals surface area contributed by atoms with Gasteiger partial charge in [-0.15, -0.1) is 0 Å². The predicted molar refractivity (Wildman–Crippen MR) is 52.7 cm³/mol. The van der Waals surface area contributed by atoms with Crippen LogP contribution in [0.1, 0.15) is 11.1 Å². The van der Waals surface area contributed by atoms with E-state index >= 15 is 0 Å². The van der Waals surface area contributed by atoms with Gasteiger partial charge in [0, 0.05) is 9.80 Å². The first-order valence-corrected chi connectivity index (χ1v) is 5.13. The van der Waals surface area contributed by atoms with Crippen LogP contribution in [-0.2, 0) is 11.9 Å². The highest BCUT2D eigenvalue weighted by Crippen LogP contribution is 2.17. The molecule has 0 aliphatic heterocycles. The Morgan fingerprint density at radius 2 is 1.82 bits per heavy atom. The normalized spacial score (nSPS) is 10.1. The Hall–Kier alpha value is 0.140. The van der Waals surface area contributed by atoms with Crippen LogP contribution in [0.4, 0.5) is 0 Å². The minimum absolute atomic E-state index is 0.0967. The van der Waals surface area contributed by atoms with Crippen LogP contribution in [0.2, 0.25) is 0 Å². The number of aliphatic hydroxyl groups excluding tert-OH is 1. The Labute approximate surface area is 82.7 Å². The lowest BCUT2D eigenvalue weighted by Gasteiger charge is -2.00. The summed E-state index contributed by atoms with van der Waals surface area (Å²) in [7, 11) is 0. The lowest BCUT2D eigenvalue weighted by molar-refractivity contribution is 0.281. The molecule has 0 fully saturated rings. The van der Waals surface area contributed by atoms with Crippen LogP contribution in [0, 0.1) is 0 Å². The standard InChI is InChI=1S/C8H8Br2O/c9-4-6-1-7(5-11)3-8(10)2-6/h1-3,11H,4-5H2. The Kier molecular flexibility index (Phi) is 3.55. The number of aliphatic hydroxyl groups is 1. The van der Waals surface area contributed by atoms with E-state index in [1.165, 1.54) is 5.56 Å². The van der Waals surface area contributed by atoms with Crippen molar-refractivity contribution in [2.45, 2.75) is 11.9 Å². The maximum Gasteiger partial charge on any atom is 0.0682 e. The van der Waals surface area contributed by atoms with Gasteiger partial charge >= 0.3 is 0 Å². The third-order valence-electron chi connectivity index (χ3n) is 1.35. The fourth-order valence-electron chi connectivity index (χ4n) is 0.886. The molecule has 3 heteroatoms. The maximum absolute atomic E-state index is 8.85. The van der Waals surface area contributed by atoms with Crippen LogP contribution in [0.3, 0.4) is 0 Å². The van der Waals surface area contributed by atoms with E-state index in [-0.39, 0.29) is 6.61 Å². The molecule has 0 aromatic heterocycles. The summed E-state index contributed by atoms with van der Waals surface area (Å²) in [6.07, 6.45) is 0. The van der Waals surface area contributed by atoms with Crippen molar-refractivity contribution in [2.24, 2.45) is 0 Å². The summed E-state index contributed by atoms with van der Waals surface area (Å²) in [6, 6.07) is 5.90. The highest BCUT2D eigenvalue weighted by atomic mass is 79.9. The van der Waals surface area contributed by atoms with Gasteiger partial charge in [0.25, 0.3) is 0 Å². The van der Waals surface area contributed by atoms with E-state index in [4.69, 9.17) is 5.11 Å². The zero-order valence-electron chi connectivity index (χ0n) is 5.85. The van der Waals surface area contributed by atoms with Gasteiger partial charge in [-0.2, -0.15) is 0 Å². The van der Waals surface area contributed by atoms with Gasteiger partial charge in [-0.1, -0.05) is 37.9 Å². The summed E-state index contributed by atoms with van der Waals surface area (Å²) in [5, 5.41) is 9.66. The molecule has 1 aromatic carbocycles. The largest absolute Gasteiger partial charge is 0.392 e. The van der Waals surface area contributed by atoms with Crippen molar-refractivity contribution >= 4 is 31.9 Å². The molecule has 1 rings (SSSR count). The molecule has 0 saturated heterocycles. The number of rotatable bonds is 2. The minimum Gasteiger partial charge on any atom is -0.392 e. The molecule has 1 aromatic rings. The molecule has 0 saturated carbocycles. The Morgan fingerprint density at radius 1 is 1.18 bits per heavy atom. The number of benzene rings is 1. The molecule has 0 aliphatic carbocycles. The summed E-state index contributed by atoms with van der Waals surface area (Å²) in [5.74, 6) is 0. The SMILES string of the molecule is OCc1cc(Br)cc(CBr)c1. The third-order valence-corrected chi connectivity index (χ3v) is 2.46. The molecular weight excluding hydrogens is 272 g/mol. The number of hydrogen-bond donors (Lipinski definition) is 1. The quantitative estimate of drug-likeness (QED) is 0.826. The average molecular weight is 280 g/mol. The smallest absolute Gasteiger partial charge is 0.0682 e. The number of hydrogen-bond acceptors (Lipinski definition) is 1. The first-order chi connectivity index (χ1) is 5.26. The molecular formula is C8H8Br2O. The van der Waals surface area contributed by atoms with Gasteiger partial charge < -0.3 is 5.11 Å². The van der Waals surface area contributed by atoms with Gasteiger partial charge in [0.05, 0.1) is 6.61 Å². The lowest BCUT2D eigenvalue weighted by Crippen LogP contribution is -1.85. The van der Waals surface area contributed by atoms with E-state index in [2.05, 4.69) is 31.9 Å². The fourth-order valence-corrected chi connectivity index (χ4v) is 1.80. The van der Waals surface area contributed by atoms with Crippen molar-refractivity contribution in [3.05, 3.63) is 33.8 Å². The molecule has 0 spiro atoms. The topological polar surface area (TPSA) is 20.2 Å². The highest BCUT2D eigenvalue weighted by Gasteiger charge is 1.96. The fraction of sp³-hybridized carbons (Fsp3) is 0.250. The summed E-state index contributed by atoms with van der Waals surface area (Å²) >= 11 is 6.72. The Bertz CT molecular complexity index is 226. The van der Waals surface area contributed by atoms with E-state index < -0.39 is 0 Å². The van der Waals surface area contributed by atoms with E-state index in [0.717, 1.165) is 15.4 Å². The van der Waals surface area contributed by atoms with Crippen molar-refractivity contribution in [1.82, 2.24) is 0 Å². The first-order valence-electron chi connectivity index (χ1n) is 3.21. The zero-order chi connectivity index (χ0) is 8.27. The molecule has 0 amide bonds. The van der Waals surface area contributed by atoms with Crippen LogP contribution in [-0.4, -0.2) is 5.11 Å². The molecule has 0 bridgehead atoms.